The molecule has 1 aliphatic carbocycles. The van der Waals surface area contributed by atoms with Gasteiger partial charge in [-0.25, -0.2) is 19.3 Å². The van der Waals surface area contributed by atoms with E-state index in [1.807, 2.05) is 13.0 Å². The molecule has 2 N–H and O–H groups in total. The first kappa shape index (κ1) is 20.9. The van der Waals surface area contributed by atoms with Gasteiger partial charge >= 0.3 is 0 Å². The number of hydrogen-bond donors (Lipinski definition) is 1. The zero-order chi connectivity index (χ0) is 22.6. The smallest absolute Gasteiger partial charge is 0.144 e. The van der Waals surface area contributed by atoms with Gasteiger partial charge in [0.2, 0.25) is 0 Å². The van der Waals surface area contributed by atoms with Gasteiger partial charge in [0.25, 0.3) is 0 Å². The summed E-state index contributed by atoms with van der Waals surface area (Å²) in [4.78, 5) is 13.1. The Morgan fingerprint density at radius 1 is 1.28 bits per heavy atom. The van der Waals surface area contributed by atoms with Crippen LogP contribution in [0.4, 0.5) is 10.2 Å². The molecule has 0 amide bonds. The van der Waals surface area contributed by atoms with E-state index in [0.29, 0.717) is 16.8 Å². The Hall–Kier alpha value is -2.99. The van der Waals surface area contributed by atoms with Crippen LogP contribution in [-0.2, 0) is 6.42 Å². The van der Waals surface area contributed by atoms with Crippen molar-refractivity contribution in [2.75, 3.05) is 5.73 Å². The second kappa shape index (κ2) is 7.55. The minimum absolute atomic E-state index is 0.0266. The van der Waals surface area contributed by atoms with Crippen molar-refractivity contribution in [1.29, 1.82) is 0 Å². The lowest BCUT2D eigenvalue weighted by atomic mass is 9.74. The summed E-state index contributed by atoms with van der Waals surface area (Å²) in [6.07, 6.45) is 9.97. The Bertz CT molecular complexity index is 1380. The summed E-state index contributed by atoms with van der Waals surface area (Å²) in [6.45, 7) is 6.50. The summed E-state index contributed by atoms with van der Waals surface area (Å²) >= 11 is 6.02. The highest BCUT2D eigenvalue weighted by atomic mass is 35.5. The maximum absolute atomic E-state index is 14.7. The molecular formula is C25H25ClFN5. The predicted molar refractivity (Wildman–Crippen MR) is 127 cm³/mol. The summed E-state index contributed by atoms with van der Waals surface area (Å²) < 4.78 is 17.0. The van der Waals surface area contributed by atoms with E-state index in [4.69, 9.17) is 17.3 Å². The molecule has 4 aromatic rings. The van der Waals surface area contributed by atoms with Gasteiger partial charge in [0.15, 0.2) is 0 Å². The molecule has 0 aliphatic heterocycles. The first-order chi connectivity index (χ1) is 15.2. The Balaban J connectivity index is 1.39. The number of anilines is 1. The third-order valence-electron chi connectivity index (χ3n) is 7.01. The van der Waals surface area contributed by atoms with Crippen LogP contribution in [0, 0.1) is 24.1 Å². The van der Waals surface area contributed by atoms with Gasteiger partial charge in [-0.2, -0.15) is 0 Å². The first-order valence-electron chi connectivity index (χ1n) is 10.8. The van der Waals surface area contributed by atoms with Crippen molar-refractivity contribution in [3.8, 4) is 0 Å². The molecule has 0 radical (unpaired) electrons. The fraction of sp³-hybridized carbons (Fsp3) is 0.320. The van der Waals surface area contributed by atoms with E-state index in [9.17, 15) is 4.39 Å². The molecule has 0 bridgehead atoms. The molecule has 0 saturated carbocycles. The fourth-order valence-corrected chi connectivity index (χ4v) is 4.97. The molecule has 164 valence electrons. The molecule has 5 rings (SSSR count). The maximum atomic E-state index is 14.7. The van der Waals surface area contributed by atoms with Crippen molar-refractivity contribution in [2.45, 2.75) is 39.7 Å². The summed E-state index contributed by atoms with van der Waals surface area (Å²) in [5.41, 5.74) is 9.20. The fourth-order valence-electron chi connectivity index (χ4n) is 4.82. The number of nitrogens with two attached hydrogens (primary N) is 1. The molecule has 1 aromatic carbocycles. The molecule has 3 unspecified atom stereocenters. The molecular weight excluding hydrogens is 425 g/mol. The quantitative estimate of drug-likeness (QED) is 0.385. The van der Waals surface area contributed by atoms with E-state index in [1.54, 1.807) is 18.5 Å². The Labute approximate surface area is 191 Å². The monoisotopic (exact) mass is 449 g/mol. The molecule has 0 spiro atoms. The van der Waals surface area contributed by atoms with Gasteiger partial charge in [-0.3, -0.25) is 0 Å². The van der Waals surface area contributed by atoms with Crippen LogP contribution >= 0.6 is 11.6 Å². The van der Waals surface area contributed by atoms with Crippen LogP contribution in [0.25, 0.3) is 21.9 Å². The zero-order valence-corrected chi connectivity index (χ0v) is 19.1. The van der Waals surface area contributed by atoms with Crippen molar-refractivity contribution in [1.82, 2.24) is 19.5 Å². The average molecular weight is 450 g/mol. The second-order valence-electron chi connectivity index (χ2n) is 9.16. The van der Waals surface area contributed by atoms with Crippen molar-refractivity contribution >= 4 is 39.4 Å². The number of halogens is 2. The molecule has 3 aromatic heterocycles. The van der Waals surface area contributed by atoms with Gasteiger partial charge in [0, 0.05) is 17.0 Å². The zero-order valence-electron chi connectivity index (χ0n) is 18.3. The highest BCUT2D eigenvalue weighted by molar-refractivity contribution is 6.33. The van der Waals surface area contributed by atoms with Gasteiger partial charge < -0.3 is 10.3 Å². The molecule has 0 saturated heterocycles. The summed E-state index contributed by atoms with van der Waals surface area (Å²) in [5, 5.41) is 1.75. The number of hydrogen-bond acceptors (Lipinski definition) is 4. The molecule has 1 aliphatic rings. The number of pyridine rings is 1. The average Bonchev–Trinajstić information content (AvgIpc) is 3.35. The van der Waals surface area contributed by atoms with Gasteiger partial charge in [0.1, 0.15) is 23.6 Å². The molecule has 7 heteroatoms. The number of aromatic nitrogens is 4. The topological polar surface area (TPSA) is 69.6 Å². The molecule has 32 heavy (non-hydrogen) atoms. The van der Waals surface area contributed by atoms with Crippen LogP contribution in [0.5, 0.6) is 0 Å². The van der Waals surface area contributed by atoms with Gasteiger partial charge in [-0.05, 0) is 60.9 Å². The Morgan fingerprint density at radius 2 is 2.09 bits per heavy atom. The van der Waals surface area contributed by atoms with Crippen molar-refractivity contribution in [3.63, 3.8) is 0 Å². The van der Waals surface area contributed by atoms with Crippen LogP contribution < -0.4 is 5.73 Å². The number of benzene rings is 1. The second-order valence-corrected chi connectivity index (χ2v) is 9.57. The normalized spacial score (nSPS) is 21.6. The number of rotatable bonds is 4. The maximum Gasteiger partial charge on any atom is 0.144 e. The highest BCUT2D eigenvalue weighted by Crippen LogP contribution is 2.45. The van der Waals surface area contributed by atoms with Crippen molar-refractivity contribution in [2.24, 2.45) is 11.3 Å². The van der Waals surface area contributed by atoms with Gasteiger partial charge in [-0.15, -0.1) is 0 Å². The largest absolute Gasteiger partial charge is 0.382 e. The molecule has 0 fully saturated rings. The van der Waals surface area contributed by atoms with Crippen LogP contribution in [-0.4, -0.2) is 19.5 Å². The lowest BCUT2D eigenvalue weighted by Crippen LogP contribution is -2.24. The van der Waals surface area contributed by atoms with Gasteiger partial charge in [-0.1, -0.05) is 37.6 Å². The van der Waals surface area contributed by atoms with E-state index in [1.165, 1.54) is 0 Å². The summed E-state index contributed by atoms with van der Waals surface area (Å²) in [5.74, 6) is 0.191. The lowest BCUT2D eigenvalue weighted by Gasteiger charge is -2.31. The molecule has 3 atom stereocenters. The third kappa shape index (κ3) is 3.43. The molecule has 3 heterocycles. The SMILES string of the molecule is Cc1ncnc2c1ccn2C1C=CC(C)(C(C)Cc2cc(F)c3cc(Cl)c(N)nc3c2)C1. The van der Waals surface area contributed by atoms with Crippen LogP contribution in [0.15, 0.2) is 48.9 Å². The third-order valence-corrected chi connectivity index (χ3v) is 7.31. The number of nitrogen functional groups attached to an aromatic ring is 1. The number of nitrogens with zero attached hydrogens (tertiary/aromatic N) is 4. The van der Waals surface area contributed by atoms with Crippen LogP contribution in [0.1, 0.15) is 37.6 Å². The van der Waals surface area contributed by atoms with Gasteiger partial charge in [0.05, 0.1) is 22.3 Å². The van der Waals surface area contributed by atoms with Crippen molar-refractivity contribution in [3.05, 3.63) is 71.0 Å². The minimum atomic E-state index is -0.321. The predicted octanol–water partition coefficient (Wildman–Crippen LogP) is 6.05. The number of aryl methyl sites for hydroxylation is 1. The van der Waals surface area contributed by atoms with Crippen molar-refractivity contribution < 1.29 is 4.39 Å². The Morgan fingerprint density at radius 3 is 2.91 bits per heavy atom. The van der Waals surface area contributed by atoms with E-state index in [-0.39, 0.29) is 28.1 Å². The number of allylic oxidation sites excluding steroid dienone is 2. The van der Waals surface area contributed by atoms with E-state index in [0.717, 1.165) is 35.1 Å². The van der Waals surface area contributed by atoms with E-state index >= 15 is 0 Å². The number of fused-ring (bicyclic) bond motifs is 2. The van der Waals surface area contributed by atoms with E-state index < -0.39 is 0 Å². The van der Waals surface area contributed by atoms with E-state index in [2.05, 4.69) is 57.8 Å². The molecule has 5 nitrogen and oxygen atoms in total. The first-order valence-corrected chi connectivity index (χ1v) is 11.1. The van der Waals surface area contributed by atoms with Crippen LogP contribution in [0.3, 0.4) is 0 Å². The Kier molecular flexibility index (Phi) is 4.93. The standard InChI is InChI=1S/C25H25ClFN5/c1-14(8-16-9-21(27)19-11-20(26)23(28)31-22(19)10-16)25(3)6-4-17(12-25)32-7-5-18-15(2)29-13-30-24(18)32/h4-7,9-11,13-14,17H,8,12H2,1-3H3,(H2,28,31). The highest BCUT2D eigenvalue weighted by Gasteiger charge is 2.36. The minimum Gasteiger partial charge on any atom is -0.382 e. The van der Waals surface area contributed by atoms with Crippen LogP contribution in [0.2, 0.25) is 5.02 Å². The lowest BCUT2D eigenvalue weighted by molar-refractivity contribution is 0.249. The summed E-state index contributed by atoms with van der Waals surface area (Å²) in [6, 6.07) is 7.36. The summed E-state index contributed by atoms with van der Waals surface area (Å²) in [7, 11) is 0.